The molecule has 0 N–H and O–H groups in total. The number of hydrogen-bond acceptors (Lipinski definition) is 5. The summed E-state index contributed by atoms with van der Waals surface area (Å²) in [5.41, 5.74) is 0. The lowest BCUT2D eigenvalue weighted by atomic mass is 9.98. The van der Waals surface area contributed by atoms with Gasteiger partial charge in [-0.15, -0.1) is 0 Å². The van der Waals surface area contributed by atoms with Gasteiger partial charge >= 0.3 is 0 Å². The van der Waals surface area contributed by atoms with Crippen LogP contribution in [0, 0.1) is 5.92 Å². The fourth-order valence-corrected chi connectivity index (χ4v) is 5.49. The molecule has 0 bridgehead atoms. The standard InChI is InChI=1S/C19H28N2O5S/c1-14-8-11-20(12-9-14)19(22)16-5-4-10-21(16)27(23,24)15-6-7-17(25-2)18(13-15)26-3/h6-7,13-14,16H,4-5,8-12H2,1-3H3. The van der Waals surface area contributed by atoms with Crippen molar-refractivity contribution in [2.45, 2.75) is 43.5 Å². The maximum Gasteiger partial charge on any atom is 0.243 e. The number of carbonyl (C=O) groups excluding carboxylic acids is 1. The Balaban J connectivity index is 1.84. The van der Waals surface area contributed by atoms with Gasteiger partial charge < -0.3 is 14.4 Å². The van der Waals surface area contributed by atoms with E-state index >= 15 is 0 Å². The Kier molecular flexibility index (Phi) is 5.95. The molecule has 150 valence electrons. The average molecular weight is 397 g/mol. The Hall–Kier alpha value is -1.80. The summed E-state index contributed by atoms with van der Waals surface area (Å²) in [6.45, 7) is 3.96. The lowest BCUT2D eigenvalue weighted by Gasteiger charge is -2.34. The first-order valence-electron chi connectivity index (χ1n) is 9.41. The molecule has 27 heavy (non-hydrogen) atoms. The molecule has 2 aliphatic rings. The number of likely N-dealkylation sites (tertiary alicyclic amines) is 1. The second kappa shape index (κ2) is 8.06. The quantitative estimate of drug-likeness (QED) is 0.762. The molecule has 2 fully saturated rings. The van der Waals surface area contributed by atoms with E-state index in [4.69, 9.17) is 9.47 Å². The number of hydrogen-bond donors (Lipinski definition) is 0. The SMILES string of the molecule is COc1ccc(S(=O)(=O)N2CCCC2C(=O)N2CCC(C)CC2)cc1OC. The molecule has 8 heteroatoms. The van der Waals surface area contributed by atoms with Gasteiger partial charge in [-0.2, -0.15) is 4.31 Å². The number of sulfonamides is 1. The second-order valence-electron chi connectivity index (χ2n) is 7.30. The van der Waals surface area contributed by atoms with Gasteiger partial charge in [-0.1, -0.05) is 6.92 Å². The van der Waals surface area contributed by atoms with Crippen molar-refractivity contribution in [2.75, 3.05) is 33.9 Å². The summed E-state index contributed by atoms with van der Waals surface area (Å²) in [7, 11) is -0.823. The van der Waals surface area contributed by atoms with E-state index in [1.807, 2.05) is 4.90 Å². The van der Waals surface area contributed by atoms with E-state index in [1.54, 1.807) is 6.07 Å². The summed E-state index contributed by atoms with van der Waals surface area (Å²) >= 11 is 0. The Morgan fingerprint density at radius 3 is 2.33 bits per heavy atom. The molecule has 1 aromatic rings. The second-order valence-corrected chi connectivity index (χ2v) is 9.19. The van der Waals surface area contributed by atoms with Crippen LogP contribution < -0.4 is 9.47 Å². The molecule has 2 heterocycles. The molecule has 2 aliphatic heterocycles. The average Bonchev–Trinajstić information content (AvgIpc) is 3.18. The molecule has 0 spiro atoms. The number of carbonyl (C=O) groups is 1. The number of nitrogens with zero attached hydrogens (tertiary/aromatic N) is 2. The van der Waals surface area contributed by atoms with Crippen LogP contribution in [0.15, 0.2) is 23.1 Å². The van der Waals surface area contributed by atoms with Crippen molar-refractivity contribution in [1.82, 2.24) is 9.21 Å². The third-order valence-corrected chi connectivity index (χ3v) is 7.45. The van der Waals surface area contributed by atoms with Gasteiger partial charge in [0.2, 0.25) is 15.9 Å². The molecule has 0 aliphatic carbocycles. The van der Waals surface area contributed by atoms with Crippen LogP contribution >= 0.6 is 0 Å². The van der Waals surface area contributed by atoms with Crippen molar-refractivity contribution in [3.63, 3.8) is 0 Å². The van der Waals surface area contributed by atoms with E-state index in [-0.39, 0.29) is 10.8 Å². The van der Waals surface area contributed by atoms with Gasteiger partial charge in [0, 0.05) is 25.7 Å². The summed E-state index contributed by atoms with van der Waals surface area (Å²) in [6.07, 6.45) is 3.20. The topological polar surface area (TPSA) is 76.2 Å². The van der Waals surface area contributed by atoms with Crippen LogP contribution in [-0.2, 0) is 14.8 Å². The molecule has 1 amide bonds. The van der Waals surface area contributed by atoms with Crippen LogP contribution in [0.5, 0.6) is 11.5 Å². The van der Waals surface area contributed by atoms with Gasteiger partial charge in [-0.05, 0) is 43.7 Å². The van der Waals surface area contributed by atoms with Crippen molar-refractivity contribution in [3.8, 4) is 11.5 Å². The minimum Gasteiger partial charge on any atom is -0.493 e. The number of methoxy groups -OCH3 is 2. The van der Waals surface area contributed by atoms with E-state index in [1.165, 1.54) is 30.7 Å². The molecule has 0 aromatic heterocycles. The number of ether oxygens (including phenoxy) is 2. The van der Waals surface area contributed by atoms with Crippen molar-refractivity contribution >= 4 is 15.9 Å². The van der Waals surface area contributed by atoms with E-state index < -0.39 is 16.1 Å². The van der Waals surface area contributed by atoms with Crippen LogP contribution in [0.1, 0.15) is 32.6 Å². The highest BCUT2D eigenvalue weighted by Crippen LogP contribution is 2.33. The molecular weight excluding hydrogens is 368 g/mol. The van der Waals surface area contributed by atoms with Crippen LogP contribution in [0.3, 0.4) is 0 Å². The van der Waals surface area contributed by atoms with Gasteiger partial charge in [0.1, 0.15) is 6.04 Å². The highest BCUT2D eigenvalue weighted by atomic mass is 32.2. The third-order valence-electron chi connectivity index (χ3n) is 5.55. The maximum atomic E-state index is 13.2. The molecule has 1 atom stereocenters. The Morgan fingerprint density at radius 1 is 1.04 bits per heavy atom. The zero-order valence-electron chi connectivity index (χ0n) is 16.2. The van der Waals surface area contributed by atoms with E-state index in [2.05, 4.69) is 6.92 Å². The Labute approximate surface area is 161 Å². The Morgan fingerprint density at radius 2 is 1.70 bits per heavy atom. The fourth-order valence-electron chi connectivity index (χ4n) is 3.83. The first kappa shape index (κ1) is 19.9. The zero-order valence-corrected chi connectivity index (χ0v) is 17.0. The summed E-state index contributed by atoms with van der Waals surface area (Å²) in [5, 5.41) is 0. The van der Waals surface area contributed by atoms with Gasteiger partial charge in [-0.3, -0.25) is 4.79 Å². The summed E-state index contributed by atoms with van der Waals surface area (Å²) in [5.74, 6) is 1.37. The highest BCUT2D eigenvalue weighted by molar-refractivity contribution is 7.89. The lowest BCUT2D eigenvalue weighted by molar-refractivity contribution is -0.135. The van der Waals surface area contributed by atoms with Crippen LogP contribution in [0.4, 0.5) is 0 Å². The van der Waals surface area contributed by atoms with E-state index in [0.29, 0.717) is 49.9 Å². The minimum absolute atomic E-state index is 0.0662. The molecule has 0 radical (unpaired) electrons. The molecule has 7 nitrogen and oxygen atoms in total. The van der Waals surface area contributed by atoms with Gasteiger partial charge in [0.15, 0.2) is 11.5 Å². The third kappa shape index (κ3) is 3.91. The van der Waals surface area contributed by atoms with Crippen LogP contribution in [-0.4, -0.2) is 63.4 Å². The fraction of sp³-hybridized carbons (Fsp3) is 0.632. The lowest BCUT2D eigenvalue weighted by Crippen LogP contribution is -2.49. The first-order chi connectivity index (χ1) is 12.9. The summed E-state index contributed by atoms with van der Waals surface area (Å²) < 4.78 is 38.2. The maximum absolute atomic E-state index is 13.2. The monoisotopic (exact) mass is 396 g/mol. The van der Waals surface area contributed by atoms with E-state index in [0.717, 1.165) is 12.8 Å². The van der Waals surface area contributed by atoms with Crippen molar-refractivity contribution in [3.05, 3.63) is 18.2 Å². The normalized spacial score (nSPS) is 22.0. The van der Waals surface area contributed by atoms with Crippen molar-refractivity contribution in [2.24, 2.45) is 5.92 Å². The van der Waals surface area contributed by atoms with Gasteiger partial charge in [0.05, 0.1) is 19.1 Å². The molecule has 2 saturated heterocycles. The number of amides is 1. The zero-order chi connectivity index (χ0) is 19.6. The summed E-state index contributed by atoms with van der Waals surface area (Å²) in [4.78, 5) is 14.9. The number of piperidine rings is 1. The largest absolute Gasteiger partial charge is 0.493 e. The predicted molar refractivity (Wildman–Crippen MR) is 101 cm³/mol. The van der Waals surface area contributed by atoms with Crippen molar-refractivity contribution < 1.29 is 22.7 Å². The predicted octanol–water partition coefficient (Wildman–Crippen LogP) is 2.12. The minimum atomic E-state index is -3.79. The summed E-state index contributed by atoms with van der Waals surface area (Å²) in [6, 6.07) is 3.91. The molecular formula is C19H28N2O5S. The molecule has 1 unspecified atom stereocenters. The molecule has 1 aromatic carbocycles. The highest BCUT2D eigenvalue weighted by Gasteiger charge is 2.41. The molecule has 0 saturated carbocycles. The van der Waals surface area contributed by atoms with Crippen molar-refractivity contribution in [1.29, 1.82) is 0 Å². The number of rotatable bonds is 5. The first-order valence-corrected chi connectivity index (χ1v) is 10.8. The van der Waals surface area contributed by atoms with Gasteiger partial charge in [0.25, 0.3) is 0 Å². The number of benzene rings is 1. The smallest absolute Gasteiger partial charge is 0.243 e. The Bertz CT molecular complexity index is 787. The van der Waals surface area contributed by atoms with Crippen LogP contribution in [0.25, 0.3) is 0 Å². The molecule has 3 rings (SSSR count). The van der Waals surface area contributed by atoms with Crippen LogP contribution in [0.2, 0.25) is 0 Å². The van der Waals surface area contributed by atoms with E-state index in [9.17, 15) is 13.2 Å². The van der Waals surface area contributed by atoms with Gasteiger partial charge in [-0.25, -0.2) is 8.42 Å².